The predicted octanol–water partition coefficient (Wildman–Crippen LogP) is 4.31. The Morgan fingerprint density at radius 2 is 1.84 bits per heavy atom. The maximum absolute atomic E-state index is 12.5. The molecule has 1 heterocycles. The molecule has 0 bridgehead atoms. The number of nitrogens with one attached hydrogen (secondary N) is 1. The maximum atomic E-state index is 12.5. The van der Waals surface area contributed by atoms with Crippen LogP contribution in [0.2, 0.25) is 0 Å². The van der Waals surface area contributed by atoms with E-state index in [2.05, 4.69) is 17.4 Å². The molecule has 0 radical (unpaired) electrons. The van der Waals surface area contributed by atoms with Crippen LogP contribution in [0.15, 0.2) is 66.7 Å². The van der Waals surface area contributed by atoms with Crippen molar-refractivity contribution >= 4 is 27.7 Å². The van der Waals surface area contributed by atoms with Crippen LogP contribution in [0, 0.1) is 0 Å². The van der Waals surface area contributed by atoms with Crippen LogP contribution in [0.25, 0.3) is 21.8 Å². The van der Waals surface area contributed by atoms with Crippen LogP contribution in [0.4, 0.5) is 0 Å². The van der Waals surface area contributed by atoms with Crippen molar-refractivity contribution in [3.63, 3.8) is 0 Å². The lowest BCUT2D eigenvalue weighted by molar-refractivity contribution is -0.121. The average Bonchev–Trinajstić information content (AvgIpc) is 3.14. The lowest BCUT2D eigenvalue weighted by atomic mass is 10.1. The molecule has 1 N–H and O–H groups in total. The molecule has 0 aliphatic rings. The molecule has 0 unspecified atom stereocenters. The Labute approximate surface area is 181 Å². The maximum Gasteiger partial charge on any atom is 0.240 e. The lowest BCUT2D eigenvalue weighted by Crippen LogP contribution is -2.29. The first-order chi connectivity index (χ1) is 15.3. The van der Waals surface area contributed by atoms with Crippen molar-refractivity contribution in [2.45, 2.75) is 26.5 Å². The number of hydrogen-bond acceptors (Lipinski definition) is 4. The molecule has 4 aromatic rings. The molecule has 6 heteroatoms. The first kappa shape index (κ1) is 20.9. The number of rotatable bonds is 10. The third-order valence-corrected chi connectivity index (χ3v) is 5.13. The monoisotopic (exact) mass is 417 g/mol. The number of aromatic nitrogens is 2. The Hall–Kier alpha value is -3.38. The van der Waals surface area contributed by atoms with Gasteiger partial charge in [0.15, 0.2) is 0 Å². The minimum Gasteiger partial charge on any atom is -0.485 e. The van der Waals surface area contributed by atoms with E-state index in [1.165, 1.54) is 0 Å². The molecular formula is C25H27N3O3. The van der Waals surface area contributed by atoms with Gasteiger partial charge in [0.25, 0.3) is 0 Å². The highest BCUT2D eigenvalue weighted by atomic mass is 16.5. The zero-order valence-corrected chi connectivity index (χ0v) is 17.7. The summed E-state index contributed by atoms with van der Waals surface area (Å²) in [5, 5.41) is 5.14. The molecule has 0 aliphatic heterocycles. The van der Waals surface area contributed by atoms with Crippen LogP contribution >= 0.6 is 0 Å². The van der Waals surface area contributed by atoms with Crippen molar-refractivity contribution in [2.75, 3.05) is 19.8 Å². The van der Waals surface area contributed by atoms with E-state index in [1.807, 2.05) is 66.1 Å². The minimum absolute atomic E-state index is 0.0499. The number of nitrogens with zero attached hydrogens (tertiary/aromatic N) is 2. The summed E-state index contributed by atoms with van der Waals surface area (Å²) in [5.74, 6) is 1.47. The summed E-state index contributed by atoms with van der Waals surface area (Å²) < 4.78 is 13.4. The second kappa shape index (κ2) is 10.1. The van der Waals surface area contributed by atoms with E-state index in [-0.39, 0.29) is 19.1 Å². The predicted molar refractivity (Wildman–Crippen MR) is 122 cm³/mol. The molecule has 4 rings (SSSR count). The molecule has 0 atom stereocenters. The summed E-state index contributed by atoms with van der Waals surface area (Å²) >= 11 is 0. The van der Waals surface area contributed by atoms with Gasteiger partial charge in [-0.25, -0.2) is 4.98 Å². The fourth-order valence-electron chi connectivity index (χ4n) is 3.62. The summed E-state index contributed by atoms with van der Waals surface area (Å²) in [6.07, 6.45) is 0.793. The van der Waals surface area contributed by atoms with Crippen LogP contribution in [-0.2, 0) is 22.7 Å². The Balaban J connectivity index is 1.50. The molecule has 0 spiro atoms. The largest absolute Gasteiger partial charge is 0.485 e. The standard InChI is InChI=1S/C25H27N3O3/c1-2-30-16-8-15-26-25(29)17-28-22-13-6-5-12-21(22)27-24(28)18-31-23-14-7-10-19-9-3-4-11-20(19)23/h3-7,9-14H,2,8,15-18H2,1H3,(H,26,29). The van der Waals surface area contributed by atoms with Crippen molar-refractivity contribution in [2.24, 2.45) is 0 Å². The lowest BCUT2D eigenvalue weighted by Gasteiger charge is -2.12. The Morgan fingerprint density at radius 3 is 2.74 bits per heavy atom. The van der Waals surface area contributed by atoms with Gasteiger partial charge in [0.2, 0.25) is 5.91 Å². The molecule has 1 aromatic heterocycles. The second-order valence-corrected chi connectivity index (χ2v) is 7.27. The number of carbonyl (C=O) groups excluding carboxylic acids is 1. The zero-order valence-electron chi connectivity index (χ0n) is 17.7. The number of fused-ring (bicyclic) bond motifs is 2. The number of hydrogen-bond donors (Lipinski definition) is 1. The van der Waals surface area contributed by atoms with Crippen LogP contribution in [0.1, 0.15) is 19.2 Å². The highest BCUT2D eigenvalue weighted by Gasteiger charge is 2.14. The summed E-state index contributed by atoms with van der Waals surface area (Å²) in [6, 6.07) is 22.0. The summed E-state index contributed by atoms with van der Waals surface area (Å²) in [5.41, 5.74) is 1.77. The van der Waals surface area contributed by atoms with Gasteiger partial charge in [0, 0.05) is 25.1 Å². The highest BCUT2D eigenvalue weighted by Crippen LogP contribution is 2.26. The quantitative estimate of drug-likeness (QED) is 0.391. The molecule has 1 amide bonds. The van der Waals surface area contributed by atoms with E-state index in [1.54, 1.807) is 0 Å². The molecule has 31 heavy (non-hydrogen) atoms. The van der Waals surface area contributed by atoms with Gasteiger partial charge in [-0.3, -0.25) is 4.79 Å². The van der Waals surface area contributed by atoms with Crippen molar-refractivity contribution in [1.82, 2.24) is 14.9 Å². The van der Waals surface area contributed by atoms with E-state index in [0.717, 1.165) is 39.8 Å². The normalized spacial score (nSPS) is 11.1. The molecule has 160 valence electrons. The first-order valence-corrected chi connectivity index (χ1v) is 10.7. The van der Waals surface area contributed by atoms with Crippen molar-refractivity contribution in [3.8, 4) is 5.75 Å². The Kier molecular flexibility index (Phi) is 6.79. The van der Waals surface area contributed by atoms with Gasteiger partial charge in [0.05, 0.1) is 11.0 Å². The number of para-hydroxylation sites is 2. The molecule has 0 saturated carbocycles. The van der Waals surface area contributed by atoms with Gasteiger partial charge < -0.3 is 19.4 Å². The Bertz CT molecular complexity index is 1160. The van der Waals surface area contributed by atoms with Gasteiger partial charge in [0.1, 0.15) is 24.7 Å². The fraction of sp³-hybridized carbons (Fsp3) is 0.280. The van der Waals surface area contributed by atoms with E-state index in [4.69, 9.17) is 14.5 Å². The summed E-state index contributed by atoms with van der Waals surface area (Å²) in [4.78, 5) is 17.3. The van der Waals surface area contributed by atoms with Crippen LogP contribution in [-0.4, -0.2) is 35.2 Å². The average molecular weight is 418 g/mol. The van der Waals surface area contributed by atoms with Crippen molar-refractivity contribution in [1.29, 1.82) is 0 Å². The van der Waals surface area contributed by atoms with E-state index in [9.17, 15) is 4.79 Å². The van der Waals surface area contributed by atoms with Crippen LogP contribution in [0.3, 0.4) is 0 Å². The smallest absolute Gasteiger partial charge is 0.240 e. The number of ether oxygens (including phenoxy) is 2. The third-order valence-electron chi connectivity index (χ3n) is 5.13. The van der Waals surface area contributed by atoms with Crippen LogP contribution < -0.4 is 10.1 Å². The number of imidazole rings is 1. The van der Waals surface area contributed by atoms with Gasteiger partial charge in [-0.1, -0.05) is 48.5 Å². The number of amides is 1. The molecule has 0 saturated heterocycles. The number of benzene rings is 3. The van der Waals surface area contributed by atoms with Gasteiger partial charge >= 0.3 is 0 Å². The number of carbonyl (C=O) groups is 1. The molecule has 0 fully saturated rings. The van der Waals surface area contributed by atoms with Crippen LogP contribution in [0.5, 0.6) is 5.75 Å². The minimum atomic E-state index is -0.0499. The van der Waals surface area contributed by atoms with Gasteiger partial charge in [-0.15, -0.1) is 0 Å². The van der Waals surface area contributed by atoms with Gasteiger partial charge in [-0.05, 0) is 36.9 Å². The second-order valence-electron chi connectivity index (χ2n) is 7.27. The molecule has 0 aliphatic carbocycles. The fourth-order valence-corrected chi connectivity index (χ4v) is 3.62. The SMILES string of the molecule is CCOCCCNC(=O)Cn1c(COc2cccc3ccccc23)nc2ccccc21. The molecule has 6 nitrogen and oxygen atoms in total. The Morgan fingerprint density at radius 1 is 1.03 bits per heavy atom. The highest BCUT2D eigenvalue weighted by molar-refractivity contribution is 5.88. The van der Waals surface area contributed by atoms with E-state index >= 15 is 0 Å². The zero-order chi connectivity index (χ0) is 21.5. The van der Waals surface area contributed by atoms with Crippen molar-refractivity contribution < 1.29 is 14.3 Å². The van der Waals surface area contributed by atoms with Crippen molar-refractivity contribution in [3.05, 3.63) is 72.6 Å². The summed E-state index contributed by atoms with van der Waals surface area (Å²) in [7, 11) is 0. The summed E-state index contributed by atoms with van der Waals surface area (Å²) in [6.45, 7) is 4.37. The molecular weight excluding hydrogens is 390 g/mol. The van der Waals surface area contributed by atoms with E-state index < -0.39 is 0 Å². The topological polar surface area (TPSA) is 65.4 Å². The van der Waals surface area contributed by atoms with E-state index in [0.29, 0.717) is 19.8 Å². The van der Waals surface area contributed by atoms with Gasteiger partial charge in [-0.2, -0.15) is 0 Å². The third kappa shape index (κ3) is 5.03. The molecule has 3 aromatic carbocycles. The first-order valence-electron chi connectivity index (χ1n) is 10.7.